The summed E-state index contributed by atoms with van der Waals surface area (Å²) in [7, 11) is 0. The summed E-state index contributed by atoms with van der Waals surface area (Å²) >= 11 is 0. The van der Waals surface area contributed by atoms with E-state index in [0.29, 0.717) is 18.0 Å². The minimum atomic E-state index is -0.206. The maximum atomic E-state index is 12.0. The van der Waals surface area contributed by atoms with E-state index in [9.17, 15) is 9.59 Å². The number of nitrogens with one attached hydrogen (secondary N) is 2. The topological polar surface area (TPSA) is 78.1 Å². The zero-order valence-electron chi connectivity index (χ0n) is 12.9. The second kappa shape index (κ2) is 7.19. The van der Waals surface area contributed by atoms with E-state index in [1.807, 2.05) is 24.4 Å². The molecule has 1 saturated heterocycles. The third-order valence-electron chi connectivity index (χ3n) is 4.08. The van der Waals surface area contributed by atoms with Crippen LogP contribution in [0.25, 0.3) is 0 Å². The van der Waals surface area contributed by atoms with Crippen molar-refractivity contribution in [1.82, 2.24) is 20.2 Å². The van der Waals surface area contributed by atoms with Gasteiger partial charge in [0.05, 0.1) is 11.3 Å². The van der Waals surface area contributed by atoms with Crippen molar-refractivity contribution in [3.05, 3.63) is 64.3 Å². The number of nitrogens with zero attached hydrogens (tertiary/aromatic N) is 2. The molecule has 2 aromatic rings. The van der Waals surface area contributed by atoms with Crippen LogP contribution in [0.15, 0.2) is 47.5 Å². The number of H-pyrrole nitrogens is 1. The van der Waals surface area contributed by atoms with Crippen molar-refractivity contribution in [2.75, 3.05) is 19.6 Å². The second-order valence-electron chi connectivity index (χ2n) is 5.86. The Morgan fingerprint density at radius 1 is 1.35 bits per heavy atom. The molecule has 6 heteroatoms. The molecule has 3 heterocycles. The van der Waals surface area contributed by atoms with Gasteiger partial charge < -0.3 is 10.3 Å². The molecule has 2 aromatic heterocycles. The van der Waals surface area contributed by atoms with Gasteiger partial charge in [0, 0.05) is 38.1 Å². The average Bonchev–Trinajstić information content (AvgIpc) is 3.02. The zero-order chi connectivity index (χ0) is 16.1. The predicted molar refractivity (Wildman–Crippen MR) is 87.0 cm³/mol. The van der Waals surface area contributed by atoms with Gasteiger partial charge in [-0.2, -0.15) is 0 Å². The monoisotopic (exact) mass is 312 g/mol. The molecule has 3 rings (SSSR count). The van der Waals surface area contributed by atoms with Crippen molar-refractivity contribution in [1.29, 1.82) is 0 Å². The molecule has 1 aliphatic heterocycles. The van der Waals surface area contributed by atoms with Crippen molar-refractivity contribution in [2.24, 2.45) is 5.92 Å². The van der Waals surface area contributed by atoms with E-state index >= 15 is 0 Å². The SMILES string of the molecule is O=C(NC[C@H]1CCN(Cc2ccccn2)C1)c1ccc(=O)[nH]c1. The number of aromatic amines is 1. The maximum absolute atomic E-state index is 12.0. The van der Waals surface area contributed by atoms with Gasteiger partial charge in [-0.1, -0.05) is 6.07 Å². The summed E-state index contributed by atoms with van der Waals surface area (Å²) < 4.78 is 0. The Kier molecular flexibility index (Phi) is 4.83. The summed E-state index contributed by atoms with van der Waals surface area (Å²) in [4.78, 5) is 32.2. The number of rotatable bonds is 5. The van der Waals surface area contributed by atoms with Crippen molar-refractivity contribution in [3.63, 3.8) is 0 Å². The van der Waals surface area contributed by atoms with Crippen LogP contribution in [0.1, 0.15) is 22.5 Å². The van der Waals surface area contributed by atoms with Crippen LogP contribution in [-0.4, -0.2) is 40.4 Å². The Morgan fingerprint density at radius 2 is 2.26 bits per heavy atom. The number of aromatic nitrogens is 2. The molecular formula is C17H20N4O2. The number of amides is 1. The van der Waals surface area contributed by atoms with Gasteiger partial charge in [0.25, 0.3) is 5.91 Å². The highest BCUT2D eigenvalue weighted by molar-refractivity contribution is 5.93. The molecule has 1 aliphatic rings. The Morgan fingerprint density at radius 3 is 3.00 bits per heavy atom. The van der Waals surface area contributed by atoms with Crippen LogP contribution in [0.3, 0.4) is 0 Å². The van der Waals surface area contributed by atoms with Gasteiger partial charge in [0.15, 0.2) is 0 Å². The molecule has 6 nitrogen and oxygen atoms in total. The highest BCUT2D eigenvalue weighted by atomic mass is 16.1. The van der Waals surface area contributed by atoms with Gasteiger partial charge in [-0.25, -0.2) is 0 Å². The lowest BCUT2D eigenvalue weighted by Gasteiger charge is -2.15. The van der Waals surface area contributed by atoms with Gasteiger partial charge >= 0.3 is 0 Å². The largest absolute Gasteiger partial charge is 0.352 e. The second-order valence-corrected chi connectivity index (χ2v) is 5.86. The quantitative estimate of drug-likeness (QED) is 0.864. The molecule has 0 unspecified atom stereocenters. The molecule has 0 aliphatic carbocycles. The fourth-order valence-electron chi connectivity index (χ4n) is 2.83. The van der Waals surface area contributed by atoms with Gasteiger partial charge in [-0.3, -0.25) is 19.5 Å². The molecule has 0 aromatic carbocycles. The van der Waals surface area contributed by atoms with Crippen LogP contribution in [0.2, 0.25) is 0 Å². The third-order valence-corrected chi connectivity index (χ3v) is 4.08. The molecule has 1 fully saturated rings. The molecule has 0 bridgehead atoms. The van der Waals surface area contributed by atoms with Crippen LogP contribution < -0.4 is 10.9 Å². The third kappa shape index (κ3) is 4.26. The summed E-state index contributed by atoms with van der Waals surface area (Å²) in [5, 5.41) is 2.94. The summed E-state index contributed by atoms with van der Waals surface area (Å²) in [6, 6.07) is 8.85. The van der Waals surface area contributed by atoms with Gasteiger partial charge in [-0.15, -0.1) is 0 Å². The summed E-state index contributed by atoms with van der Waals surface area (Å²) in [5.41, 5.74) is 1.35. The van der Waals surface area contributed by atoms with Gasteiger partial charge in [0.1, 0.15) is 0 Å². The van der Waals surface area contributed by atoms with E-state index in [1.54, 1.807) is 0 Å². The van der Waals surface area contributed by atoms with E-state index in [1.165, 1.54) is 18.3 Å². The normalized spacial score (nSPS) is 18.0. The van der Waals surface area contributed by atoms with Crippen molar-refractivity contribution in [2.45, 2.75) is 13.0 Å². The smallest absolute Gasteiger partial charge is 0.252 e. The molecule has 2 N–H and O–H groups in total. The van der Waals surface area contributed by atoms with E-state index in [0.717, 1.165) is 31.7 Å². The highest BCUT2D eigenvalue weighted by Crippen LogP contribution is 2.17. The Hall–Kier alpha value is -2.47. The standard InChI is InChI=1S/C17H20N4O2/c22-16-5-4-14(10-19-16)17(23)20-9-13-6-8-21(11-13)12-15-3-1-2-7-18-15/h1-5,7,10,13H,6,8-9,11-12H2,(H,19,22)(H,20,23)/t13-/m1/s1. The number of pyridine rings is 2. The zero-order valence-corrected chi connectivity index (χ0v) is 12.9. The van der Waals surface area contributed by atoms with Gasteiger partial charge in [0.2, 0.25) is 5.56 Å². The predicted octanol–water partition coefficient (Wildman–Crippen LogP) is 1.02. The maximum Gasteiger partial charge on any atom is 0.252 e. The minimum absolute atomic E-state index is 0.149. The Bertz CT molecular complexity index is 694. The molecule has 1 amide bonds. The number of carbonyl (C=O) groups is 1. The van der Waals surface area contributed by atoms with E-state index in [4.69, 9.17) is 0 Å². The van der Waals surface area contributed by atoms with Crippen LogP contribution in [-0.2, 0) is 6.54 Å². The van der Waals surface area contributed by atoms with Crippen LogP contribution in [0, 0.1) is 5.92 Å². The summed E-state index contributed by atoms with van der Waals surface area (Å²) in [6.07, 6.45) is 4.33. The van der Waals surface area contributed by atoms with E-state index in [2.05, 4.69) is 20.2 Å². The molecule has 1 atom stereocenters. The fourth-order valence-corrected chi connectivity index (χ4v) is 2.83. The van der Waals surface area contributed by atoms with Crippen LogP contribution in [0.5, 0.6) is 0 Å². The first-order chi connectivity index (χ1) is 11.2. The van der Waals surface area contributed by atoms with Crippen molar-refractivity contribution in [3.8, 4) is 0 Å². The first-order valence-corrected chi connectivity index (χ1v) is 7.80. The Labute approximate surface area is 134 Å². The lowest BCUT2D eigenvalue weighted by Crippen LogP contribution is -2.31. The molecule has 0 spiro atoms. The first-order valence-electron chi connectivity index (χ1n) is 7.80. The molecule has 0 radical (unpaired) electrons. The molecular weight excluding hydrogens is 292 g/mol. The lowest BCUT2D eigenvalue weighted by atomic mass is 10.1. The minimum Gasteiger partial charge on any atom is -0.352 e. The highest BCUT2D eigenvalue weighted by Gasteiger charge is 2.23. The first kappa shape index (κ1) is 15.4. The summed E-state index contributed by atoms with van der Waals surface area (Å²) in [5.74, 6) is 0.301. The number of hydrogen-bond acceptors (Lipinski definition) is 4. The fraction of sp³-hybridized carbons (Fsp3) is 0.353. The number of likely N-dealkylation sites (tertiary alicyclic amines) is 1. The molecule has 23 heavy (non-hydrogen) atoms. The average molecular weight is 312 g/mol. The van der Waals surface area contributed by atoms with Crippen LogP contribution in [0.4, 0.5) is 0 Å². The van der Waals surface area contributed by atoms with E-state index in [-0.39, 0.29) is 11.5 Å². The lowest BCUT2D eigenvalue weighted by molar-refractivity contribution is 0.0947. The molecule has 120 valence electrons. The van der Waals surface area contributed by atoms with Crippen molar-refractivity contribution >= 4 is 5.91 Å². The summed E-state index contributed by atoms with van der Waals surface area (Å²) in [6.45, 7) is 3.49. The number of hydrogen-bond donors (Lipinski definition) is 2. The van der Waals surface area contributed by atoms with Crippen LogP contribution >= 0.6 is 0 Å². The number of carbonyl (C=O) groups excluding carboxylic acids is 1. The van der Waals surface area contributed by atoms with Gasteiger partial charge in [-0.05, 0) is 37.1 Å². The Balaban J connectivity index is 1.46. The molecule has 0 saturated carbocycles. The van der Waals surface area contributed by atoms with E-state index < -0.39 is 0 Å². The van der Waals surface area contributed by atoms with Crippen molar-refractivity contribution < 1.29 is 4.79 Å².